The summed E-state index contributed by atoms with van der Waals surface area (Å²) in [6, 6.07) is 4.13. The van der Waals surface area contributed by atoms with Gasteiger partial charge in [0.05, 0.1) is 16.8 Å². The highest BCUT2D eigenvalue weighted by Gasteiger charge is 2.21. The molecule has 1 fully saturated rings. The molecule has 24 heavy (non-hydrogen) atoms. The number of aryl methyl sites for hydroxylation is 1. The minimum atomic E-state index is -0.371. The lowest BCUT2D eigenvalue weighted by Gasteiger charge is -2.23. The van der Waals surface area contributed by atoms with Crippen LogP contribution in [0.1, 0.15) is 54.4 Å². The van der Waals surface area contributed by atoms with Crippen molar-refractivity contribution in [2.45, 2.75) is 58.5 Å². The first-order valence-corrected chi connectivity index (χ1v) is 9.46. The van der Waals surface area contributed by atoms with Crippen LogP contribution in [0.2, 0.25) is 0 Å². The molecular weight excluding hydrogens is 324 g/mol. The van der Waals surface area contributed by atoms with Gasteiger partial charge >= 0.3 is 5.97 Å². The number of ether oxygens (including phenoxy) is 1. The molecule has 1 N–H and O–H groups in total. The zero-order valence-corrected chi connectivity index (χ0v) is 15.1. The zero-order valence-electron chi connectivity index (χ0n) is 14.3. The second-order valence-electron chi connectivity index (χ2n) is 6.35. The summed E-state index contributed by atoms with van der Waals surface area (Å²) in [6.45, 7) is 4.30. The van der Waals surface area contributed by atoms with Crippen molar-refractivity contribution in [1.29, 1.82) is 0 Å². The smallest absolute Gasteiger partial charge is 0.355 e. The van der Waals surface area contributed by atoms with Crippen molar-refractivity contribution in [1.82, 2.24) is 9.88 Å². The average Bonchev–Trinajstić information content (AvgIpc) is 3.06. The van der Waals surface area contributed by atoms with Crippen LogP contribution in [-0.2, 0) is 16.1 Å². The topological polar surface area (TPSA) is 60.3 Å². The summed E-state index contributed by atoms with van der Waals surface area (Å²) in [7, 11) is 0. The number of thiophene rings is 1. The van der Waals surface area contributed by atoms with Crippen LogP contribution in [0.15, 0.2) is 12.1 Å². The molecule has 2 heterocycles. The Bertz CT molecular complexity index is 741. The van der Waals surface area contributed by atoms with Crippen molar-refractivity contribution in [3.05, 3.63) is 22.7 Å². The summed E-state index contributed by atoms with van der Waals surface area (Å²) in [5, 5.41) is 3.12. The SMILES string of the molecule is CCOC(=O)c1cc2sc(C)cc2n1CC(=O)NC1CCCCC1. The largest absolute Gasteiger partial charge is 0.461 e. The molecule has 130 valence electrons. The normalized spacial score (nSPS) is 15.6. The Balaban J connectivity index is 1.81. The molecule has 3 rings (SSSR count). The van der Waals surface area contributed by atoms with Gasteiger partial charge in [-0.15, -0.1) is 11.3 Å². The molecule has 2 aromatic rings. The number of carbonyl (C=O) groups excluding carboxylic acids is 2. The number of hydrogen-bond acceptors (Lipinski definition) is 4. The van der Waals surface area contributed by atoms with Crippen LogP contribution in [0, 0.1) is 6.92 Å². The first kappa shape index (κ1) is 17.0. The van der Waals surface area contributed by atoms with Gasteiger partial charge in [0.15, 0.2) is 0 Å². The summed E-state index contributed by atoms with van der Waals surface area (Å²) < 4.78 is 7.94. The molecule has 6 heteroatoms. The summed E-state index contributed by atoms with van der Waals surface area (Å²) >= 11 is 1.63. The van der Waals surface area contributed by atoms with Crippen molar-refractivity contribution >= 4 is 33.4 Å². The molecule has 0 spiro atoms. The Morgan fingerprint density at radius 1 is 1.29 bits per heavy atom. The number of fused-ring (bicyclic) bond motifs is 1. The van der Waals surface area contributed by atoms with Gasteiger partial charge < -0.3 is 14.6 Å². The molecule has 0 radical (unpaired) electrons. The average molecular weight is 348 g/mol. The molecule has 0 aliphatic heterocycles. The van der Waals surface area contributed by atoms with Gasteiger partial charge in [-0.1, -0.05) is 19.3 Å². The van der Waals surface area contributed by atoms with E-state index in [2.05, 4.69) is 5.32 Å². The third kappa shape index (κ3) is 3.64. The van der Waals surface area contributed by atoms with Crippen LogP contribution in [0.5, 0.6) is 0 Å². The van der Waals surface area contributed by atoms with Crippen LogP contribution in [0.3, 0.4) is 0 Å². The molecular formula is C18H24N2O3S. The molecule has 0 unspecified atom stereocenters. The fourth-order valence-corrected chi connectivity index (χ4v) is 4.34. The number of nitrogens with one attached hydrogen (secondary N) is 1. The zero-order chi connectivity index (χ0) is 17.1. The van der Waals surface area contributed by atoms with Gasteiger partial charge in [0.2, 0.25) is 5.91 Å². The number of carbonyl (C=O) groups is 2. The van der Waals surface area contributed by atoms with Crippen LogP contribution in [-0.4, -0.2) is 29.1 Å². The van der Waals surface area contributed by atoms with Crippen LogP contribution < -0.4 is 5.32 Å². The highest BCUT2D eigenvalue weighted by atomic mass is 32.1. The van der Waals surface area contributed by atoms with Gasteiger partial charge in [-0.05, 0) is 38.8 Å². The molecule has 0 bridgehead atoms. The Kier molecular flexibility index (Phi) is 5.23. The predicted molar refractivity (Wildman–Crippen MR) is 95.5 cm³/mol. The van der Waals surface area contributed by atoms with Gasteiger partial charge in [0.1, 0.15) is 12.2 Å². The van der Waals surface area contributed by atoms with Gasteiger partial charge in [-0.25, -0.2) is 4.79 Å². The Morgan fingerprint density at radius 2 is 2.04 bits per heavy atom. The van der Waals surface area contributed by atoms with E-state index in [1.165, 1.54) is 19.3 Å². The summed E-state index contributed by atoms with van der Waals surface area (Å²) in [5.41, 5.74) is 1.39. The number of nitrogens with zero attached hydrogens (tertiary/aromatic N) is 1. The molecule has 1 saturated carbocycles. The van der Waals surface area contributed by atoms with Crippen LogP contribution in [0.4, 0.5) is 0 Å². The molecule has 0 saturated heterocycles. The quantitative estimate of drug-likeness (QED) is 0.839. The van der Waals surface area contributed by atoms with E-state index in [9.17, 15) is 9.59 Å². The Labute approximate surface area is 146 Å². The lowest BCUT2D eigenvalue weighted by atomic mass is 9.95. The van der Waals surface area contributed by atoms with Crippen molar-refractivity contribution in [3.63, 3.8) is 0 Å². The second-order valence-corrected chi connectivity index (χ2v) is 7.63. The minimum absolute atomic E-state index is 0.0335. The molecule has 0 atom stereocenters. The molecule has 2 aromatic heterocycles. The van der Waals surface area contributed by atoms with E-state index in [0.29, 0.717) is 12.3 Å². The monoisotopic (exact) mass is 348 g/mol. The highest BCUT2D eigenvalue weighted by Crippen LogP contribution is 2.29. The first-order valence-electron chi connectivity index (χ1n) is 8.64. The van der Waals surface area contributed by atoms with E-state index in [-0.39, 0.29) is 24.5 Å². The minimum Gasteiger partial charge on any atom is -0.461 e. The van der Waals surface area contributed by atoms with E-state index in [0.717, 1.165) is 27.9 Å². The van der Waals surface area contributed by atoms with E-state index in [1.807, 2.05) is 19.1 Å². The van der Waals surface area contributed by atoms with E-state index in [1.54, 1.807) is 22.8 Å². The van der Waals surface area contributed by atoms with Gasteiger partial charge in [0, 0.05) is 10.9 Å². The summed E-state index contributed by atoms with van der Waals surface area (Å²) in [5.74, 6) is -0.405. The summed E-state index contributed by atoms with van der Waals surface area (Å²) in [4.78, 5) is 25.9. The highest BCUT2D eigenvalue weighted by molar-refractivity contribution is 7.19. The first-order chi connectivity index (χ1) is 11.6. The van der Waals surface area contributed by atoms with Crippen molar-refractivity contribution < 1.29 is 14.3 Å². The maximum Gasteiger partial charge on any atom is 0.355 e. The van der Waals surface area contributed by atoms with E-state index >= 15 is 0 Å². The second kappa shape index (κ2) is 7.38. The Hall–Kier alpha value is -1.82. The maximum absolute atomic E-state index is 12.5. The lowest BCUT2D eigenvalue weighted by molar-refractivity contribution is -0.122. The van der Waals surface area contributed by atoms with Gasteiger partial charge in [0.25, 0.3) is 0 Å². The van der Waals surface area contributed by atoms with Crippen molar-refractivity contribution in [3.8, 4) is 0 Å². The molecule has 1 aliphatic rings. The number of rotatable bonds is 5. The third-order valence-electron chi connectivity index (χ3n) is 4.47. The summed E-state index contributed by atoms with van der Waals surface area (Å²) in [6.07, 6.45) is 5.71. The van der Waals surface area contributed by atoms with E-state index in [4.69, 9.17) is 4.74 Å². The van der Waals surface area contributed by atoms with Crippen LogP contribution in [0.25, 0.3) is 10.2 Å². The Morgan fingerprint density at radius 3 is 2.75 bits per heavy atom. The maximum atomic E-state index is 12.5. The van der Waals surface area contributed by atoms with Gasteiger partial charge in [-0.2, -0.15) is 0 Å². The van der Waals surface area contributed by atoms with Crippen molar-refractivity contribution in [2.75, 3.05) is 6.61 Å². The number of aromatic nitrogens is 1. The number of hydrogen-bond donors (Lipinski definition) is 1. The predicted octanol–water partition coefficient (Wildman–Crippen LogP) is 3.64. The van der Waals surface area contributed by atoms with E-state index < -0.39 is 0 Å². The molecule has 1 aliphatic carbocycles. The molecule has 0 aromatic carbocycles. The standard InChI is InChI=1S/C18H24N2O3S/c1-3-23-18(22)15-10-16-14(9-12(2)24-16)20(15)11-17(21)19-13-7-5-4-6-8-13/h9-10,13H,3-8,11H2,1-2H3,(H,19,21). The lowest BCUT2D eigenvalue weighted by Crippen LogP contribution is -2.38. The number of esters is 1. The number of amides is 1. The fourth-order valence-electron chi connectivity index (χ4n) is 3.37. The van der Waals surface area contributed by atoms with Crippen LogP contribution >= 0.6 is 11.3 Å². The van der Waals surface area contributed by atoms with Crippen molar-refractivity contribution in [2.24, 2.45) is 0 Å². The fraction of sp³-hybridized carbons (Fsp3) is 0.556. The molecule has 5 nitrogen and oxygen atoms in total. The molecule has 1 amide bonds. The third-order valence-corrected chi connectivity index (χ3v) is 5.46. The van der Waals surface area contributed by atoms with Gasteiger partial charge in [-0.3, -0.25) is 4.79 Å².